The van der Waals surface area contributed by atoms with Crippen molar-refractivity contribution in [3.63, 3.8) is 0 Å². The zero-order valence-corrected chi connectivity index (χ0v) is 11.6. The molecule has 6 N–H and O–H groups in total. The topological polar surface area (TPSA) is 160 Å². The third-order valence-electron chi connectivity index (χ3n) is 3.58. The van der Waals surface area contributed by atoms with Crippen LogP contribution >= 0.6 is 0 Å². The molecule has 23 heavy (non-hydrogen) atoms. The smallest absolute Gasteiger partial charge is 0.280 e. The highest BCUT2D eigenvalue weighted by atomic mass is 19.1. The molecular formula is C12H14FN5O5. The predicted molar refractivity (Wildman–Crippen MR) is 75.7 cm³/mol. The lowest BCUT2D eigenvalue weighted by Crippen LogP contribution is -2.33. The molecule has 124 valence electrons. The maximum absolute atomic E-state index is 12.6. The van der Waals surface area contributed by atoms with Gasteiger partial charge >= 0.3 is 0 Å². The van der Waals surface area contributed by atoms with E-state index in [1.165, 1.54) is 0 Å². The van der Waals surface area contributed by atoms with E-state index in [0.29, 0.717) is 0 Å². The van der Waals surface area contributed by atoms with Crippen molar-refractivity contribution in [2.24, 2.45) is 0 Å². The molecule has 0 spiro atoms. The molecule has 1 saturated heterocycles. The number of nitrogen functional groups attached to an aromatic ring is 1. The molecule has 4 atom stereocenters. The third-order valence-corrected chi connectivity index (χ3v) is 3.58. The number of aliphatic hydroxyl groups excluding tert-OH is 3. The summed E-state index contributed by atoms with van der Waals surface area (Å²) in [5.74, 6) is -0.271. The molecule has 0 aromatic carbocycles. The summed E-state index contributed by atoms with van der Waals surface area (Å²) in [6.45, 7) is -0.536. The van der Waals surface area contributed by atoms with Gasteiger partial charge in [-0.2, -0.15) is 4.98 Å². The largest absolute Gasteiger partial charge is 0.394 e. The van der Waals surface area contributed by atoms with Gasteiger partial charge in [-0.05, 0) is 0 Å². The molecular weight excluding hydrogens is 313 g/mol. The Labute approximate surface area is 127 Å². The second-order valence-electron chi connectivity index (χ2n) is 4.98. The summed E-state index contributed by atoms with van der Waals surface area (Å²) in [4.78, 5) is 22.0. The van der Waals surface area contributed by atoms with E-state index in [0.717, 1.165) is 10.6 Å². The molecule has 0 aliphatic carbocycles. The average Bonchev–Trinajstić information content (AvgIpc) is 2.99. The number of ether oxygens (including phenoxy) is 1. The Hall–Kier alpha value is -2.34. The summed E-state index contributed by atoms with van der Waals surface area (Å²) < 4.78 is 19.1. The first-order chi connectivity index (χ1) is 11.0. The number of aromatic amines is 1. The van der Waals surface area contributed by atoms with Gasteiger partial charge in [0.2, 0.25) is 5.95 Å². The number of fused-ring (bicyclic) bond motifs is 1. The quantitative estimate of drug-likeness (QED) is 0.444. The van der Waals surface area contributed by atoms with Crippen molar-refractivity contribution in [3.8, 4) is 0 Å². The summed E-state index contributed by atoms with van der Waals surface area (Å²) in [5.41, 5.74) is 4.67. The lowest BCUT2D eigenvalue weighted by Gasteiger charge is -2.18. The van der Waals surface area contributed by atoms with E-state index in [-0.39, 0.29) is 29.3 Å². The van der Waals surface area contributed by atoms with Crippen molar-refractivity contribution >= 4 is 23.2 Å². The highest BCUT2D eigenvalue weighted by molar-refractivity contribution is 5.74. The average molecular weight is 327 g/mol. The predicted octanol–water partition coefficient (Wildman–Crippen LogP) is -1.75. The summed E-state index contributed by atoms with van der Waals surface area (Å²) in [7, 11) is 0. The molecule has 0 radical (unpaired) electrons. The second kappa shape index (κ2) is 5.70. The van der Waals surface area contributed by atoms with E-state index in [1.807, 2.05) is 0 Å². The van der Waals surface area contributed by atoms with Crippen LogP contribution in [-0.2, 0) is 4.74 Å². The van der Waals surface area contributed by atoms with Gasteiger partial charge in [0.05, 0.1) is 12.9 Å². The second-order valence-corrected chi connectivity index (χ2v) is 4.98. The highest BCUT2D eigenvalue weighted by Crippen LogP contribution is 2.32. The monoisotopic (exact) mass is 327 g/mol. The minimum absolute atomic E-state index is 0.0470. The minimum Gasteiger partial charge on any atom is -0.394 e. The Morgan fingerprint density at radius 3 is 2.74 bits per heavy atom. The number of nitrogens with zero attached hydrogens (tertiary/aromatic N) is 3. The molecule has 11 heteroatoms. The number of rotatable bonds is 3. The molecule has 0 bridgehead atoms. The van der Waals surface area contributed by atoms with Gasteiger partial charge in [-0.1, -0.05) is 0 Å². The Balaban J connectivity index is 2.23. The number of hydrogen-bond donors (Lipinski definition) is 5. The summed E-state index contributed by atoms with van der Waals surface area (Å²) in [5, 5.41) is 29.1. The van der Waals surface area contributed by atoms with Crippen molar-refractivity contribution in [1.29, 1.82) is 0 Å². The number of imidazole rings is 1. The van der Waals surface area contributed by atoms with Gasteiger partial charge < -0.3 is 25.8 Å². The van der Waals surface area contributed by atoms with Crippen molar-refractivity contribution < 1.29 is 24.4 Å². The highest BCUT2D eigenvalue weighted by Gasteiger charge is 2.44. The number of aliphatic hydroxyl groups is 3. The number of anilines is 1. The van der Waals surface area contributed by atoms with Gasteiger partial charge in [0.1, 0.15) is 24.1 Å². The molecule has 0 saturated carbocycles. The summed E-state index contributed by atoms with van der Waals surface area (Å²) >= 11 is 0. The lowest BCUT2D eigenvalue weighted by molar-refractivity contribution is -0.0513. The molecule has 0 unspecified atom stereocenters. The van der Waals surface area contributed by atoms with Gasteiger partial charge in [-0.15, -0.1) is 0 Å². The van der Waals surface area contributed by atoms with Crippen LogP contribution in [-0.4, -0.2) is 59.8 Å². The zero-order valence-electron chi connectivity index (χ0n) is 11.6. The fraction of sp³-hybridized carbons (Fsp3) is 0.417. The molecule has 3 heterocycles. The standard InChI is InChI=1S/C12H14FN5O5/c13-2-1-5-15-6-9(16-12(14)17-10(6)22)18(5)11-8(21)7(20)4(3-19)23-11/h1-2,4,7-8,11,19-21H,3H2,(H3,14,16,17,22)/t4-,7-,8-,11-/m1/s1. The Kier molecular flexibility index (Phi) is 3.85. The van der Waals surface area contributed by atoms with Crippen LogP contribution in [0.4, 0.5) is 10.3 Å². The van der Waals surface area contributed by atoms with Crippen molar-refractivity contribution in [1.82, 2.24) is 19.5 Å². The van der Waals surface area contributed by atoms with E-state index in [2.05, 4.69) is 15.0 Å². The molecule has 10 nitrogen and oxygen atoms in total. The van der Waals surface area contributed by atoms with Crippen LogP contribution in [0.5, 0.6) is 0 Å². The maximum atomic E-state index is 12.6. The number of nitrogens with two attached hydrogens (primary N) is 1. The number of hydrogen-bond acceptors (Lipinski definition) is 8. The molecule has 2 aromatic rings. The SMILES string of the molecule is Nc1nc2c(nc(C=CF)n2[C@@H]2O[C@H](CO)[C@@H](O)[C@H]2O)c(=O)[nH]1. The van der Waals surface area contributed by atoms with E-state index in [4.69, 9.17) is 15.6 Å². The molecule has 2 aromatic heterocycles. The molecule has 1 aliphatic heterocycles. The van der Waals surface area contributed by atoms with Gasteiger partial charge in [-0.3, -0.25) is 14.3 Å². The lowest BCUT2D eigenvalue weighted by atomic mass is 10.1. The van der Waals surface area contributed by atoms with Gasteiger partial charge in [-0.25, -0.2) is 9.37 Å². The van der Waals surface area contributed by atoms with Crippen LogP contribution in [0.2, 0.25) is 0 Å². The molecule has 1 aliphatic rings. The van der Waals surface area contributed by atoms with E-state index >= 15 is 0 Å². The normalized spacial score (nSPS) is 28.2. The van der Waals surface area contributed by atoms with Crippen LogP contribution < -0.4 is 11.3 Å². The van der Waals surface area contributed by atoms with Crippen LogP contribution in [0.25, 0.3) is 17.2 Å². The van der Waals surface area contributed by atoms with Crippen molar-refractivity contribution in [2.45, 2.75) is 24.5 Å². The minimum atomic E-state index is -1.45. The number of nitrogens with one attached hydrogen (secondary N) is 1. The summed E-state index contributed by atoms with van der Waals surface area (Å²) in [6.07, 6.45) is -3.97. The maximum Gasteiger partial charge on any atom is 0.280 e. The van der Waals surface area contributed by atoms with E-state index in [9.17, 15) is 19.4 Å². The number of halogens is 1. The van der Waals surface area contributed by atoms with E-state index in [1.54, 1.807) is 0 Å². The first-order valence-corrected chi connectivity index (χ1v) is 6.65. The molecule has 1 fully saturated rings. The fourth-order valence-corrected chi connectivity index (χ4v) is 2.54. The van der Waals surface area contributed by atoms with Crippen LogP contribution in [0, 0.1) is 0 Å². The van der Waals surface area contributed by atoms with Crippen LogP contribution in [0.1, 0.15) is 12.1 Å². The van der Waals surface area contributed by atoms with Gasteiger partial charge in [0.15, 0.2) is 17.4 Å². The van der Waals surface area contributed by atoms with Crippen LogP contribution in [0.3, 0.4) is 0 Å². The zero-order chi connectivity index (χ0) is 16.7. The van der Waals surface area contributed by atoms with Gasteiger partial charge in [0, 0.05) is 6.08 Å². The number of H-pyrrole nitrogens is 1. The van der Waals surface area contributed by atoms with E-state index < -0.39 is 36.7 Å². The molecule has 0 amide bonds. The first-order valence-electron chi connectivity index (χ1n) is 6.65. The fourth-order valence-electron chi connectivity index (χ4n) is 2.54. The van der Waals surface area contributed by atoms with Crippen molar-refractivity contribution in [3.05, 3.63) is 22.5 Å². The number of aromatic nitrogens is 4. The first kappa shape index (κ1) is 15.6. The van der Waals surface area contributed by atoms with Gasteiger partial charge in [0.25, 0.3) is 5.56 Å². The van der Waals surface area contributed by atoms with Crippen LogP contribution in [0.15, 0.2) is 11.1 Å². The summed E-state index contributed by atoms with van der Waals surface area (Å²) in [6, 6.07) is 0. The Morgan fingerprint density at radius 2 is 2.13 bits per heavy atom. The van der Waals surface area contributed by atoms with Crippen molar-refractivity contribution in [2.75, 3.05) is 12.3 Å². The molecule has 3 rings (SSSR count). The Morgan fingerprint density at radius 1 is 1.39 bits per heavy atom. The Bertz CT molecular complexity index is 818. The third kappa shape index (κ3) is 2.39.